The van der Waals surface area contributed by atoms with E-state index < -0.39 is 10.0 Å². The molecule has 1 aromatic rings. The largest absolute Gasteiger partial charge is 0.392 e. The molecule has 0 bridgehead atoms. The van der Waals surface area contributed by atoms with Crippen molar-refractivity contribution >= 4 is 10.0 Å². The molecule has 1 aliphatic rings. The summed E-state index contributed by atoms with van der Waals surface area (Å²) in [5.74, 6) is 0. The minimum atomic E-state index is -3.56. The molecule has 2 N–H and O–H groups in total. The highest BCUT2D eigenvalue weighted by molar-refractivity contribution is 7.89. The van der Waals surface area contributed by atoms with Gasteiger partial charge in [-0.1, -0.05) is 6.07 Å². The lowest BCUT2D eigenvalue weighted by Crippen LogP contribution is -2.39. The smallest absolute Gasteiger partial charge is 0.241 e. The van der Waals surface area contributed by atoms with Gasteiger partial charge in [-0.25, -0.2) is 13.1 Å². The van der Waals surface area contributed by atoms with Crippen molar-refractivity contribution in [2.24, 2.45) is 0 Å². The first-order chi connectivity index (χ1) is 9.44. The molecule has 0 aromatic heterocycles. The number of ether oxygens (including phenoxy) is 1. The van der Waals surface area contributed by atoms with Crippen molar-refractivity contribution in [3.8, 4) is 0 Å². The molecule has 6 heteroatoms. The molecule has 5 nitrogen and oxygen atoms in total. The first-order valence-corrected chi connectivity index (χ1v) is 8.23. The monoisotopic (exact) mass is 299 g/mol. The number of nitrogens with one attached hydrogen (secondary N) is 1. The topological polar surface area (TPSA) is 75.6 Å². The zero-order valence-corrected chi connectivity index (χ0v) is 12.7. The van der Waals surface area contributed by atoms with Crippen LogP contribution < -0.4 is 4.72 Å². The number of aryl methyl sites for hydroxylation is 2. The number of hydrogen-bond donors (Lipinski definition) is 2. The molecule has 1 aromatic carbocycles. The van der Waals surface area contributed by atoms with E-state index in [0.717, 1.165) is 5.56 Å². The molecule has 0 radical (unpaired) electrons. The Morgan fingerprint density at radius 3 is 2.50 bits per heavy atom. The van der Waals surface area contributed by atoms with Crippen LogP contribution in [0.3, 0.4) is 0 Å². The zero-order valence-electron chi connectivity index (χ0n) is 11.8. The summed E-state index contributed by atoms with van der Waals surface area (Å²) in [5, 5.41) is 9.29. The normalized spacial score (nSPS) is 17.4. The molecular formula is C14H21NO4S. The number of hydrogen-bond acceptors (Lipinski definition) is 4. The van der Waals surface area contributed by atoms with Crippen LogP contribution in [0.2, 0.25) is 0 Å². The molecule has 20 heavy (non-hydrogen) atoms. The van der Waals surface area contributed by atoms with Crippen molar-refractivity contribution in [2.45, 2.75) is 44.2 Å². The Balaban J connectivity index is 2.28. The van der Waals surface area contributed by atoms with Gasteiger partial charge in [0.1, 0.15) is 0 Å². The Bertz CT molecular complexity index is 577. The van der Waals surface area contributed by atoms with Crippen LogP contribution in [0, 0.1) is 13.8 Å². The van der Waals surface area contributed by atoms with Gasteiger partial charge in [-0.2, -0.15) is 0 Å². The van der Waals surface area contributed by atoms with E-state index in [4.69, 9.17) is 4.74 Å². The van der Waals surface area contributed by atoms with Crippen LogP contribution in [-0.2, 0) is 21.4 Å². The maximum atomic E-state index is 12.5. The van der Waals surface area contributed by atoms with Crippen LogP contribution in [0.1, 0.15) is 29.5 Å². The first kappa shape index (κ1) is 15.4. The molecule has 1 saturated heterocycles. The van der Waals surface area contributed by atoms with Gasteiger partial charge < -0.3 is 9.84 Å². The van der Waals surface area contributed by atoms with E-state index in [-0.39, 0.29) is 17.5 Å². The Kier molecular flexibility index (Phi) is 4.80. The summed E-state index contributed by atoms with van der Waals surface area (Å²) in [4.78, 5) is 0.249. The zero-order chi connectivity index (χ0) is 14.8. The van der Waals surface area contributed by atoms with Crippen molar-refractivity contribution < 1.29 is 18.3 Å². The van der Waals surface area contributed by atoms with Gasteiger partial charge in [-0.15, -0.1) is 0 Å². The van der Waals surface area contributed by atoms with Gasteiger partial charge in [0.05, 0.1) is 11.5 Å². The lowest BCUT2D eigenvalue weighted by atomic mass is 10.1. The van der Waals surface area contributed by atoms with E-state index >= 15 is 0 Å². The molecule has 0 amide bonds. The summed E-state index contributed by atoms with van der Waals surface area (Å²) >= 11 is 0. The van der Waals surface area contributed by atoms with E-state index in [2.05, 4.69) is 4.72 Å². The number of rotatable bonds is 4. The van der Waals surface area contributed by atoms with Gasteiger partial charge in [0.25, 0.3) is 0 Å². The predicted molar refractivity (Wildman–Crippen MR) is 76.0 cm³/mol. The second-order valence-corrected chi connectivity index (χ2v) is 6.89. The standard InChI is InChI=1S/C14H21NO4S/c1-10-7-11(2)14(8-12(10)9-16)20(17,18)15-13-3-5-19-6-4-13/h7-8,13,15-16H,3-6,9H2,1-2H3. The van der Waals surface area contributed by atoms with E-state index in [1.807, 2.05) is 6.92 Å². The molecule has 1 aliphatic heterocycles. The minimum Gasteiger partial charge on any atom is -0.392 e. The lowest BCUT2D eigenvalue weighted by molar-refractivity contribution is 0.0832. The summed E-state index contributed by atoms with van der Waals surface area (Å²) in [6, 6.07) is 3.28. The molecule has 1 heterocycles. The van der Waals surface area contributed by atoms with Gasteiger partial charge >= 0.3 is 0 Å². The summed E-state index contributed by atoms with van der Waals surface area (Å²) in [5.41, 5.74) is 2.23. The number of aliphatic hydroxyl groups excluding tert-OH is 1. The van der Waals surface area contributed by atoms with E-state index in [0.29, 0.717) is 37.2 Å². The van der Waals surface area contributed by atoms with Gasteiger partial charge in [-0.3, -0.25) is 0 Å². The highest BCUT2D eigenvalue weighted by Crippen LogP contribution is 2.22. The third kappa shape index (κ3) is 3.38. The Hall–Kier alpha value is -0.950. The fourth-order valence-corrected chi connectivity index (χ4v) is 4.01. The van der Waals surface area contributed by atoms with Crippen LogP contribution in [0.4, 0.5) is 0 Å². The average Bonchev–Trinajstić information content (AvgIpc) is 2.39. The van der Waals surface area contributed by atoms with Crippen molar-refractivity contribution in [3.05, 3.63) is 28.8 Å². The van der Waals surface area contributed by atoms with Crippen molar-refractivity contribution in [2.75, 3.05) is 13.2 Å². The van der Waals surface area contributed by atoms with Gasteiger partial charge in [0.15, 0.2) is 0 Å². The molecule has 112 valence electrons. The molecule has 0 spiro atoms. The molecule has 0 saturated carbocycles. The highest BCUT2D eigenvalue weighted by atomic mass is 32.2. The number of sulfonamides is 1. The molecule has 0 aliphatic carbocycles. The Labute approximate surface area is 120 Å². The fraction of sp³-hybridized carbons (Fsp3) is 0.571. The third-order valence-electron chi connectivity index (χ3n) is 3.64. The Morgan fingerprint density at radius 2 is 1.90 bits per heavy atom. The molecule has 2 rings (SSSR count). The molecule has 1 fully saturated rings. The van der Waals surface area contributed by atoms with E-state index in [9.17, 15) is 13.5 Å². The molecule has 0 atom stereocenters. The lowest BCUT2D eigenvalue weighted by Gasteiger charge is -2.23. The van der Waals surface area contributed by atoms with Gasteiger partial charge in [-0.05, 0) is 49.4 Å². The Morgan fingerprint density at radius 1 is 1.25 bits per heavy atom. The van der Waals surface area contributed by atoms with Gasteiger partial charge in [0, 0.05) is 19.3 Å². The number of aliphatic hydroxyl groups is 1. The van der Waals surface area contributed by atoms with Crippen molar-refractivity contribution in [3.63, 3.8) is 0 Å². The maximum absolute atomic E-state index is 12.5. The van der Waals surface area contributed by atoms with E-state index in [1.54, 1.807) is 19.1 Å². The summed E-state index contributed by atoms with van der Waals surface area (Å²) in [6.45, 7) is 4.64. The average molecular weight is 299 g/mol. The van der Waals surface area contributed by atoms with Crippen LogP contribution >= 0.6 is 0 Å². The minimum absolute atomic E-state index is 0.0768. The van der Waals surface area contributed by atoms with Crippen LogP contribution in [0.15, 0.2) is 17.0 Å². The first-order valence-electron chi connectivity index (χ1n) is 6.75. The summed E-state index contributed by atoms with van der Waals surface area (Å²) in [7, 11) is -3.56. The summed E-state index contributed by atoms with van der Waals surface area (Å²) in [6.07, 6.45) is 1.38. The van der Waals surface area contributed by atoms with Crippen LogP contribution in [0.5, 0.6) is 0 Å². The van der Waals surface area contributed by atoms with Crippen LogP contribution in [0.25, 0.3) is 0 Å². The second-order valence-electron chi connectivity index (χ2n) is 5.21. The SMILES string of the molecule is Cc1cc(C)c(S(=O)(=O)NC2CCOCC2)cc1CO. The fourth-order valence-electron chi connectivity index (χ4n) is 2.43. The molecular weight excluding hydrogens is 278 g/mol. The maximum Gasteiger partial charge on any atom is 0.241 e. The van der Waals surface area contributed by atoms with Crippen LogP contribution in [-0.4, -0.2) is 32.8 Å². The summed E-state index contributed by atoms with van der Waals surface area (Å²) < 4.78 is 32.9. The second kappa shape index (κ2) is 6.22. The molecule has 0 unspecified atom stereocenters. The van der Waals surface area contributed by atoms with Gasteiger partial charge in [0.2, 0.25) is 10.0 Å². The van der Waals surface area contributed by atoms with E-state index in [1.165, 1.54) is 0 Å². The quantitative estimate of drug-likeness (QED) is 0.877. The predicted octanol–water partition coefficient (Wildman–Crippen LogP) is 1.25. The van der Waals surface area contributed by atoms with Crippen molar-refractivity contribution in [1.29, 1.82) is 0 Å². The highest BCUT2D eigenvalue weighted by Gasteiger charge is 2.24. The third-order valence-corrected chi connectivity index (χ3v) is 5.30. The number of benzene rings is 1. The van der Waals surface area contributed by atoms with Crippen molar-refractivity contribution in [1.82, 2.24) is 4.72 Å².